The smallest absolute Gasteiger partial charge is 0.0453 e. The monoisotopic (exact) mass is 250 g/mol. The summed E-state index contributed by atoms with van der Waals surface area (Å²) in [6, 6.07) is 9.48. The fourth-order valence-corrected chi connectivity index (χ4v) is 2.45. The number of hydrogen-bond donors (Lipinski definition) is 1. The highest BCUT2D eigenvalue weighted by atomic mass is 35.5. The van der Waals surface area contributed by atoms with Crippen LogP contribution >= 0.6 is 23.4 Å². The standard InChI is InChI=1S/C12H11ClN2S/c13-10-3-4-11(14)12(6-10)16-8-9-2-1-5-15-7-9/h1-7H,8,14H2. The number of rotatable bonds is 3. The molecule has 0 radical (unpaired) electrons. The van der Waals surface area contributed by atoms with E-state index < -0.39 is 0 Å². The van der Waals surface area contributed by atoms with Crippen LogP contribution in [-0.4, -0.2) is 4.98 Å². The molecule has 2 nitrogen and oxygen atoms in total. The molecule has 0 aliphatic rings. The second-order valence-corrected chi connectivity index (χ2v) is 4.79. The molecule has 0 saturated heterocycles. The van der Waals surface area contributed by atoms with Crippen molar-refractivity contribution in [2.45, 2.75) is 10.6 Å². The number of benzene rings is 1. The number of nitrogens with two attached hydrogens (primary N) is 1. The maximum Gasteiger partial charge on any atom is 0.0453 e. The van der Waals surface area contributed by atoms with Crippen LogP contribution in [0, 0.1) is 0 Å². The Labute approximate surface area is 104 Å². The molecule has 1 heterocycles. The average molecular weight is 251 g/mol. The highest BCUT2D eigenvalue weighted by Crippen LogP contribution is 2.30. The van der Waals surface area contributed by atoms with E-state index in [2.05, 4.69) is 4.98 Å². The van der Waals surface area contributed by atoms with Gasteiger partial charge in [0.2, 0.25) is 0 Å². The van der Waals surface area contributed by atoms with E-state index in [1.54, 1.807) is 24.0 Å². The maximum absolute atomic E-state index is 5.92. The van der Waals surface area contributed by atoms with Crippen molar-refractivity contribution < 1.29 is 0 Å². The summed E-state index contributed by atoms with van der Waals surface area (Å²) in [5, 5.41) is 0.711. The molecule has 1 aromatic heterocycles. The van der Waals surface area contributed by atoms with Crippen LogP contribution in [0.1, 0.15) is 5.56 Å². The Morgan fingerprint density at radius 3 is 2.94 bits per heavy atom. The summed E-state index contributed by atoms with van der Waals surface area (Å²) >= 11 is 7.58. The summed E-state index contributed by atoms with van der Waals surface area (Å²) in [6.45, 7) is 0. The highest BCUT2D eigenvalue weighted by molar-refractivity contribution is 7.98. The number of aromatic nitrogens is 1. The molecule has 82 valence electrons. The number of hydrogen-bond acceptors (Lipinski definition) is 3. The van der Waals surface area contributed by atoms with E-state index in [1.807, 2.05) is 30.5 Å². The van der Waals surface area contributed by atoms with Gasteiger partial charge in [0.05, 0.1) is 0 Å². The Balaban J connectivity index is 2.08. The molecular formula is C12H11ClN2S. The van der Waals surface area contributed by atoms with E-state index in [0.717, 1.165) is 16.3 Å². The zero-order chi connectivity index (χ0) is 11.4. The minimum atomic E-state index is 0.711. The molecule has 4 heteroatoms. The first-order valence-electron chi connectivity index (χ1n) is 4.82. The lowest BCUT2D eigenvalue weighted by molar-refractivity contribution is 1.25. The lowest BCUT2D eigenvalue weighted by Gasteiger charge is -2.05. The predicted molar refractivity (Wildman–Crippen MR) is 69.7 cm³/mol. The molecule has 2 N–H and O–H groups in total. The molecule has 0 fully saturated rings. The normalized spacial score (nSPS) is 10.3. The van der Waals surface area contributed by atoms with Gasteiger partial charge in [0.25, 0.3) is 0 Å². The second-order valence-electron chi connectivity index (χ2n) is 3.33. The number of pyridine rings is 1. The van der Waals surface area contributed by atoms with E-state index in [1.165, 1.54) is 5.56 Å². The zero-order valence-corrected chi connectivity index (χ0v) is 10.1. The van der Waals surface area contributed by atoms with Gasteiger partial charge in [-0.2, -0.15) is 0 Å². The summed E-state index contributed by atoms with van der Waals surface area (Å²) in [6.07, 6.45) is 3.62. The molecule has 0 spiro atoms. The molecule has 0 atom stereocenters. The molecule has 0 bridgehead atoms. The molecule has 0 amide bonds. The van der Waals surface area contributed by atoms with Gasteiger partial charge in [-0.05, 0) is 29.8 Å². The van der Waals surface area contributed by atoms with Gasteiger partial charge in [0.15, 0.2) is 0 Å². The second kappa shape index (κ2) is 5.23. The first-order valence-corrected chi connectivity index (χ1v) is 6.19. The minimum Gasteiger partial charge on any atom is -0.398 e. The lowest BCUT2D eigenvalue weighted by atomic mass is 10.3. The summed E-state index contributed by atoms with van der Waals surface area (Å²) in [5.41, 5.74) is 7.79. The predicted octanol–water partition coefficient (Wildman–Crippen LogP) is 3.61. The van der Waals surface area contributed by atoms with Crippen LogP contribution < -0.4 is 5.73 Å². The van der Waals surface area contributed by atoms with Gasteiger partial charge in [-0.1, -0.05) is 17.7 Å². The van der Waals surface area contributed by atoms with Crippen LogP contribution in [0.3, 0.4) is 0 Å². The van der Waals surface area contributed by atoms with Gasteiger partial charge in [0, 0.05) is 33.8 Å². The number of nitrogens with zero attached hydrogens (tertiary/aromatic N) is 1. The zero-order valence-electron chi connectivity index (χ0n) is 8.56. The van der Waals surface area contributed by atoms with Crippen molar-refractivity contribution in [3.05, 3.63) is 53.3 Å². The molecule has 0 unspecified atom stereocenters. The Bertz CT molecular complexity index is 474. The van der Waals surface area contributed by atoms with Crippen LogP contribution in [0.15, 0.2) is 47.6 Å². The summed E-state index contributed by atoms with van der Waals surface area (Å²) in [4.78, 5) is 5.08. The topological polar surface area (TPSA) is 38.9 Å². The minimum absolute atomic E-state index is 0.711. The third-order valence-corrected chi connectivity index (χ3v) is 3.47. The van der Waals surface area contributed by atoms with E-state index in [-0.39, 0.29) is 0 Å². The largest absolute Gasteiger partial charge is 0.398 e. The summed E-state index contributed by atoms with van der Waals surface area (Å²) in [7, 11) is 0. The van der Waals surface area contributed by atoms with Crippen molar-refractivity contribution in [3.63, 3.8) is 0 Å². The van der Waals surface area contributed by atoms with Crippen LogP contribution in [0.5, 0.6) is 0 Å². The summed E-state index contributed by atoms with van der Waals surface area (Å²) < 4.78 is 0. The van der Waals surface area contributed by atoms with E-state index in [9.17, 15) is 0 Å². The van der Waals surface area contributed by atoms with Gasteiger partial charge in [-0.15, -0.1) is 11.8 Å². The van der Waals surface area contributed by atoms with Gasteiger partial charge in [0.1, 0.15) is 0 Å². The molecule has 0 aliphatic carbocycles. The van der Waals surface area contributed by atoms with Gasteiger partial charge >= 0.3 is 0 Å². The van der Waals surface area contributed by atoms with Crippen molar-refractivity contribution in [2.75, 3.05) is 5.73 Å². The number of anilines is 1. The van der Waals surface area contributed by atoms with Crippen molar-refractivity contribution in [1.29, 1.82) is 0 Å². The quantitative estimate of drug-likeness (QED) is 0.668. The van der Waals surface area contributed by atoms with Gasteiger partial charge in [-0.25, -0.2) is 0 Å². The number of halogens is 1. The molecule has 1 aromatic carbocycles. The van der Waals surface area contributed by atoms with Crippen LogP contribution in [0.25, 0.3) is 0 Å². The molecule has 2 rings (SSSR count). The van der Waals surface area contributed by atoms with E-state index in [4.69, 9.17) is 17.3 Å². The SMILES string of the molecule is Nc1ccc(Cl)cc1SCc1cccnc1. The van der Waals surface area contributed by atoms with Crippen LogP contribution in [-0.2, 0) is 5.75 Å². The fourth-order valence-electron chi connectivity index (χ4n) is 1.28. The molecular weight excluding hydrogens is 240 g/mol. The maximum atomic E-state index is 5.92. The van der Waals surface area contributed by atoms with Crippen molar-refractivity contribution >= 4 is 29.1 Å². The van der Waals surface area contributed by atoms with Gasteiger partial charge in [-0.3, -0.25) is 4.98 Å². The van der Waals surface area contributed by atoms with Crippen LogP contribution in [0.2, 0.25) is 5.02 Å². The van der Waals surface area contributed by atoms with Crippen molar-refractivity contribution in [1.82, 2.24) is 4.98 Å². The third kappa shape index (κ3) is 2.90. The van der Waals surface area contributed by atoms with Crippen molar-refractivity contribution in [2.24, 2.45) is 0 Å². The third-order valence-electron chi connectivity index (χ3n) is 2.09. The Morgan fingerprint density at radius 1 is 1.31 bits per heavy atom. The first kappa shape index (κ1) is 11.3. The van der Waals surface area contributed by atoms with E-state index >= 15 is 0 Å². The van der Waals surface area contributed by atoms with Gasteiger partial charge < -0.3 is 5.73 Å². The molecule has 0 saturated carbocycles. The first-order chi connectivity index (χ1) is 7.75. The van der Waals surface area contributed by atoms with Crippen LogP contribution in [0.4, 0.5) is 5.69 Å². The molecule has 0 aliphatic heterocycles. The molecule has 16 heavy (non-hydrogen) atoms. The van der Waals surface area contributed by atoms with E-state index in [0.29, 0.717) is 5.02 Å². The Morgan fingerprint density at radius 2 is 2.19 bits per heavy atom. The lowest BCUT2D eigenvalue weighted by Crippen LogP contribution is -1.89. The fraction of sp³-hybridized carbons (Fsp3) is 0.0833. The molecule has 2 aromatic rings. The average Bonchev–Trinajstić information content (AvgIpc) is 2.32. The van der Waals surface area contributed by atoms with Crippen molar-refractivity contribution in [3.8, 4) is 0 Å². The number of nitrogen functional groups attached to an aromatic ring is 1. The highest BCUT2D eigenvalue weighted by Gasteiger charge is 2.01. The number of thioether (sulfide) groups is 1. The Kier molecular flexibility index (Phi) is 3.70. The Hall–Kier alpha value is -1.19. The summed E-state index contributed by atoms with van der Waals surface area (Å²) in [5.74, 6) is 0.846.